The van der Waals surface area contributed by atoms with Gasteiger partial charge in [0.1, 0.15) is 0 Å². The molecule has 0 radical (unpaired) electrons. The monoisotopic (exact) mass is 245 g/mol. The van der Waals surface area contributed by atoms with Crippen LogP contribution in [0.3, 0.4) is 0 Å². The first-order valence-corrected chi connectivity index (χ1v) is 4.35. The Bertz CT molecular complexity index is 334. The Morgan fingerprint density at radius 3 is 2.75 bits per heavy atom. The van der Waals surface area contributed by atoms with Gasteiger partial charge in [0.25, 0.3) is 0 Å². The highest BCUT2D eigenvalue weighted by Crippen LogP contribution is 2.25. The second kappa shape index (κ2) is 3.90. The normalized spacial score (nSPS) is 12.2. The van der Waals surface area contributed by atoms with Gasteiger partial charge in [0.05, 0.1) is 11.1 Å². The summed E-state index contributed by atoms with van der Waals surface area (Å²) in [7, 11) is 0. The molecule has 0 saturated carbocycles. The molecule has 0 aliphatic heterocycles. The third-order valence-electron chi connectivity index (χ3n) is 1.38. The molecule has 0 amide bonds. The van der Waals surface area contributed by atoms with Crippen LogP contribution in [0.25, 0.3) is 0 Å². The van der Waals surface area contributed by atoms with E-state index in [1.807, 2.05) is 0 Å². The van der Waals surface area contributed by atoms with Crippen molar-refractivity contribution < 1.29 is 5.11 Å². The van der Waals surface area contributed by atoms with E-state index >= 15 is 0 Å². The molecule has 1 aromatic rings. The Hall–Kier alpha value is -0.560. The van der Waals surface area contributed by atoms with Crippen LogP contribution in [-0.2, 0) is 0 Å². The van der Waals surface area contributed by atoms with Gasteiger partial charge in [-0.05, 0) is 33.6 Å². The van der Waals surface area contributed by atoms with E-state index in [0.29, 0.717) is 15.1 Å². The summed E-state index contributed by atoms with van der Waals surface area (Å²) in [6.45, 7) is 0. The van der Waals surface area contributed by atoms with Gasteiger partial charge in [-0.1, -0.05) is 17.7 Å². The van der Waals surface area contributed by atoms with Crippen LogP contribution < -0.4 is 0 Å². The van der Waals surface area contributed by atoms with Crippen molar-refractivity contribution in [1.82, 2.24) is 0 Å². The van der Waals surface area contributed by atoms with Crippen molar-refractivity contribution >= 4 is 27.5 Å². The second-order valence-electron chi connectivity index (χ2n) is 2.21. The van der Waals surface area contributed by atoms with Gasteiger partial charge >= 0.3 is 0 Å². The van der Waals surface area contributed by atoms with Crippen molar-refractivity contribution in [2.45, 2.75) is 6.10 Å². The number of rotatable bonds is 1. The lowest BCUT2D eigenvalue weighted by Crippen LogP contribution is -1.92. The molecule has 12 heavy (non-hydrogen) atoms. The number of aliphatic hydroxyl groups is 1. The largest absolute Gasteiger partial charge is 0.374 e. The second-order valence-corrected chi connectivity index (χ2v) is 3.47. The van der Waals surface area contributed by atoms with Gasteiger partial charge in [-0.25, -0.2) is 0 Å². The third-order valence-corrected chi connectivity index (χ3v) is 2.60. The molecule has 0 aliphatic rings. The van der Waals surface area contributed by atoms with Gasteiger partial charge in [-0.3, -0.25) is 0 Å². The zero-order valence-corrected chi connectivity index (χ0v) is 8.30. The zero-order chi connectivity index (χ0) is 9.14. The van der Waals surface area contributed by atoms with E-state index in [1.54, 1.807) is 24.3 Å². The summed E-state index contributed by atoms with van der Waals surface area (Å²) in [5.41, 5.74) is 0.536. The summed E-state index contributed by atoms with van der Waals surface area (Å²) in [4.78, 5) is 0. The molecule has 1 atom stereocenters. The molecular formula is C8H5BrClNO. The number of hydrogen-bond acceptors (Lipinski definition) is 2. The van der Waals surface area contributed by atoms with Crippen LogP contribution >= 0.6 is 27.5 Å². The molecular weight excluding hydrogens is 241 g/mol. The highest BCUT2D eigenvalue weighted by molar-refractivity contribution is 9.10. The fourth-order valence-corrected chi connectivity index (χ4v) is 1.27. The SMILES string of the molecule is N#CC(O)c1ccc(Cl)c(Br)c1. The van der Waals surface area contributed by atoms with E-state index in [-0.39, 0.29) is 0 Å². The highest BCUT2D eigenvalue weighted by Gasteiger charge is 2.06. The maximum atomic E-state index is 9.12. The lowest BCUT2D eigenvalue weighted by atomic mass is 10.1. The van der Waals surface area contributed by atoms with Gasteiger partial charge < -0.3 is 5.11 Å². The number of halogens is 2. The van der Waals surface area contributed by atoms with Gasteiger partial charge in [-0.2, -0.15) is 5.26 Å². The Labute approximate surface area is 83.5 Å². The van der Waals surface area contributed by atoms with E-state index in [0.717, 1.165) is 0 Å². The lowest BCUT2D eigenvalue weighted by molar-refractivity contribution is 0.236. The summed E-state index contributed by atoms with van der Waals surface area (Å²) in [5.74, 6) is 0. The van der Waals surface area contributed by atoms with Crippen molar-refractivity contribution in [2.24, 2.45) is 0 Å². The van der Waals surface area contributed by atoms with Crippen LogP contribution in [-0.4, -0.2) is 5.11 Å². The van der Waals surface area contributed by atoms with Gasteiger partial charge in [-0.15, -0.1) is 0 Å². The molecule has 0 saturated heterocycles. The first-order valence-electron chi connectivity index (χ1n) is 3.18. The molecule has 1 unspecified atom stereocenters. The van der Waals surface area contributed by atoms with Crippen LogP contribution in [0.2, 0.25) is 5.02 Å². The van der Waals surface area contributed by atoms with E-state index in [9.17, 15) is 0 Å². The summed E-state index contributed by atoms with van der Waals surface area (Å²) >= 11 is 8.91. The number of aliphatic hydroxyl groups excluding tert-OH is 1. The topological polar surface area (TPSA) is 44.0 Å². The Kier molecular flexibility index (Phi) is 3.10. The maximum Gasteiger partial charge on any atom is 0.165 e. The fourth-order valence-electron chi connectivity index (χ4n) is 0.757. The molecule has 0 aliphatic carbocycles. The van der Waals surface area contributed by atoms with Crippen molar-refractivity contribution in [3.8, 4) is 6.07 Å². The molecule has 2 nitrogen and oxygen atoms in total. The average Bonchev–Trinajstić information content (AvgIpc) is 2.08. The van der Waals surface area contributed by atoms with Gasteiger partial charge in [0, 0.05) is 4.47 Å². The summed E-state index contributed by atoms with van der Waals surface area (Å²) in [6, 6.07) is 6.58. The molecule has 0 bridgehead atoms. The molecule has 4 heteroatoms. The Morgan fingerprint density at radius 2 is 2.25 bits per heavy atom. The number of nitrogens with zero attached hydrogens (tertiary/aromatic N) is 1. The number of nitriles is 1. The quantitative estimate of drug-likeness (QED) is 0.774. The molecule has 62 valence electrons. The molecule has 1 rings (SSSR count). The standard InChI is InChI=1S/C8H5BrClNO/c9-6-3-5(8(12)4-11)1-2-7(6)10/h1-3,8,12H. The van der Waals surface area contributed by atoms with Crippen molar-refractivity contribution in [3.63, 3.8) is 0 Å². The van der Waals surface area contributed by atoms with Crippen molar-refractivity contribution in [1.29, 1.82) is 5.26 Å². The lowest BCUT2D eigenvalue weighted by Gasteiger charge is -2.02. The van der Waals surface area contributed by atoms with Crippen LogP contribution in [0, 0.1) is 11.3 Å². The summed E-state index contributed by atoms with van der Waals surface area (Å²) in [6.07, 6.45) is -1.08. The average molecular weight is 246 g/mol. The third kappa shape index (κ3) is 1.98. The fraction of sp³-hybridized carbons (Fsp3) is 0.125. The Balaban J connectivity index is 3.06. The van der Waals surface area contributed by atoms with Crippen LogP contribution in [0.15, 0.2) is 22.7 Å². The highest BCUT2D eigenvalue weighted by atomic mass is 79.9. The first-order chi connectivity index (χ1) is 5.65. The zero-order valence-electron chi connectivity index (χ0n) is 5.96. The van der Waals surface area contributed by atoms with Crippen molar-refractivity contribution in [3.05, 3.63) is 33.3 Å². The summed E-state index contributed by atoms with van der Waals surface area (Å²) in [5, 5.41) is 18.1. The minimum absolute atomic E-state index is 0.536. The van der Waals surface area contributed by atoms with E-state index < -0.39 is 6.10 Å². The van der Waals surface area contributed by atoms with Gasteiger partial charge in [0.15, 0.2) is 6.10 Å². The molecule has 0 heterocycles. The molecule has 0 spiro atoms. The molecule has 1 N–H and O–H groups in total. The minimum atomic E-state index is -1.08. The van der Waals surface area contributed by atoms with Crippen LogP contribution in [0.4, 0.5) is 0 Å². The summed E-state index contributed by atoms with van der Waals surface area (Å²) < 4.78 is 0.677. The van der Waals surface area contributed by atoms with E-state index in [1.165, 1.54) is 0 Å². The van der Waals surface area contributed by atoms with Gasteiger partial charge in [0.2, 0.25) is 0 Å². The maximum absolute atomic E-state index is 9.12. The number of hydrogen-bond donors (Lipinski definition) is 1. The Morgan fingerprint density at radius 1 is 1.58 bits per heavy atom. The van der Waals surface area contributed by atoms with Crippen LogP contribution in [0.1, 0.15) is 11.7 Å². The first kappa shape index (κ1) is 9.53. The van der Waals surface area contributed by atoms with Crippen molar-refractivity contribution in [2.75, 3.05) is 0 Å². The van der Waals surface area contributed by atoms with E-state index in [4.69, 9.17) is 22.0 Å². The predicted molar refractivity (Wildman–Crippen MR) is 49.7 cm³/mol. The van der Waals surface area contributed by atoms with E-state index in [2.05, 4.69) is 15.9 Å². The number of benzene rings is 1. The molecule has 0 fully saturated rings. The minimum Gasteiger partial charge on any atom is -0.374 e. The predicted octanol–water partition coefficient (Wildman–Crippen LogP) is 2.66. The molecule has 0 aromatic heterocycles. The smallest absolute Gasteiger partial charge is 0.165 e. The van der Waals surface area contributed by atoms with Crippen LogP contribution in [0.5, 0.6) is 0 Å². The molecule has 1 aromatic carbocycles.